The highest BCUT2D eigenvalue weighted by molar-refractivity contribution is 6.05. The van der Waals surface area contributed by atoms with Crippen molar-refractivity contribution in [2.45, 2.75) is 27.3 Å². The Morgan fingerprint density at radius 3 is 2.61 bits per heavy atom. The topological polar surface area (TPSA) is 90.1 Å². The number of aromatic nitrogens is 2. The molecule has 3 rings (SSSR count). The molecule has 1 amide bonds. The lowest BCUT2D eigenvalue weighted by molar-refractivity contribution is -0.386. The molecule has 7 nitrogen and oxygen atoms in total. The van der Waals surface area contributed by atoms with Gasteiger partial charge in [0.2, 0.25) is 0 Å². The zero-order valence-electron chi connectivity index (χ0n) is 15.7. The Kier molecular flexibility index (Phi) is 5.21. The molecule has 0 aliphatic heterocycles. The molecular formula is C20H19FN4O3. The third kappa shape index (κ3) is 3.75. The van der Waals surface area contributed by atoms with Gasteiger partial charge in [0.25, 0.3) is 5.91 Å². The molecule has 0 saturated carbocycles. The van der Waals surface area contributed by atoms with Crippen molar-refractivity contribution >= 4 is 17.3 Å². The number of carbonyl (C=O) groups excluding carboxylic acids is 1. The van der Waals surface area contributed by atoms with Crippen molar-refractivity contribution in [2.75, 3.05) is 5.32 Å². The summed E-state index contributed by atoms with van der Waals surface area (Å²) in [5, 5.41) is 18.2. The van der Waals surface area contributed by atoms with E-state index < -0.39 is 10.7 Å². The van der Waals surface area contributed by atoms with Gasteiger partial charge in [-0.3, -0.25) is 19.6 Å². The fraction of sp³-hybridized carbons (Fsp3) is 0.200. The van der Waals surface area contributed by atoms with E-state index in [1.54, 1.807) is 51.1 Å². The normalized spacial score (nSPS) is 10.7. The molecule has 0 saturated heterocycles. The number of nitrogens with one attached hydrogen (secondary N) is 1. The third-order valence-electron chi connectivity index (χ3n) is 4.56. The second-order valence-corrected chi connectivity index (χ2v) is 6.50. The molecule has 0 spiro atoms. The average Bonchev–Trinajstić information content (AvgIpc) is 2.92. The lowest BCUT2D eigenvalue weighted by atomic mass is 10.1. The van der Waals surface area contributed by atoms with Crippen molar-refractivity contribution in [1.82, 2.24) is 9.78 Å². The average molecular weight is 382 g/mol. The van der Waals surface area contributed by atoms with Crippen LogP contribution in [0.2, 0.25) is 0 Å². The first-order valence-corrected chi connectivity index (χ1v) is 8.61. The van der Waals surface area contributed by atoms with Crippen molar-refractivity contribution in [1.29, 1.82) is 0 Å². The SMILES string of the molecule is Cc1ccc(F)cc1NC(=O)c1ccccc1Cn1nc(C)c([N+](=O)[O-])c1C. The molecule has 0 unspecified atom stereocenters. The van der Waals surface area contributed by atoms with Gasteiger partial charge in [0.1, 0.15) is 17.2 Å². The van der Waals surface area contributed by atoms with Crippen LogP contribution in [-0.4, -0.2) is 20.6 Å². The van der Waals surface area contributed by atoms with Gasteiger partial charge in [-0.15, -0.1) is 0 Å². The maximum atomic E-state index is 13.5. The summed E-state index contributed by atoms with van der Waals surface area (Å²) in [5.41, 5.74) is 2.87. The summed E-state index contributed by atoms with van der Waals surface area (Å²) in [7, 11) is 0. The zero-order chi connectivity index (χ0) is 20.4. The zero-order valence-corrected chi connectivity index (χ0v) is 15.7. The molecule has 8 heteroatoms. The number of hydrogen-bond acceptors (Lipinski definition) is 4. The number of anilines is 1. The molecule has 2 aromatic carbocycles. The van der Waals surface area contributed by atoms with Crippen LogP contribution in [0.5, 0.6) is 0 Å². The van der Waals surface area contributed by atoms with Crippen molar-refractivity contribution < 1.29 is 14.1 Å². The summed E-state index contributed by atoms with van der Waals surface area (Å²) in [6, 6.07) is 11.1. The predicted molar refractivity (Wildman–Crippen MR) is 103 cm³/mol. The summed E-state index contributed by atoms with van der Waals surface area (Å²) < 4.78 is 15.0. The first kappa shape index (κ1) is 19.2. The van der Waals surface area contributed by atoms with E-state index in [0.717, 1.165) is 5.56 Å². The highest BCUT2D eigenvalue weighted by Crippen LogP contribution is 2.24. The number of carbonyl (C=O) groups is 1. The number of nitro groups is 1. The summed E-state index contributed by atoms with van der Waals surface area (Å²) in [6.07, 6.45) is 0. The van der Waals surface area contributed by atoms with Crippen LogP contribution in [-0.2, 0) is 6.54 Å². The van der Waals surface area contributed by atoms with Crippen LogP contribution >= 0.6 is 0 Å². The molecule has 28 heavy (non-hydrogen) atoms. The van der Waals surface area contributed by atoms with Crippen molar-refractivity contribution in [3.05, 3.63) is 86.5 Å². The van der Waals surface area contributed by atoms with Gasteiger partial charge in [-0.05, 0) is 50.1 Å². The Hall–Kier alpha value is -3.55. The van der Waals surface area contributed by atoms with E-state index >= 15 is 0 Å². The fourth-order valence-corrected chi connectivity index (χ4v) is 3.07. The smallest absolute Gasteiger partial charge is 0.312 e. The van der Waals surface area contributed by atoms with E-state index in [9.17, 15) is 19.3 Å². The molecule has 0 aliphatic rings. The Morgan fingerprint density at radius 1 is 1.21 bits per heavy atom. The molecule has 1 aromatic heterocycles. The molecule has 0 aliphatic carbocycles. The standard InChI is InChI=1S/C20H19FN4O3/c1-12-8-9-16(21)10-18(12)22-20(26)17-7-5-4-6-15(17)11-24-14(3)19(25(27)28)13(2)23-24/h4-10H,11H2,1-3H3,(H,22,26). The number of benzene rings is 2. The molecule has 0 fully saturated rings. The second-order valence-electron chi connectivity index (χ2n) is 6.50. The van der Waals surface area contributed by atoms with Crippen molar-refractivity contribution in [3.63, 3.8) is 0 Å². The van der Waals surface area contributed by atoms with E-state index in [0.29, 0.717) is 28.2 Å². The van der Waals surface area contributed by atoms with E-state index in [1.165, 1.54) is 16.8 Å². The minimum absolute atomic E-state index is 0.0303. The number of nitrogens with zero attached hydrogens (tertiary/aromatic N) is 3. The predicted octanol–water partition coefficient (Wildman–Crippen LogP) is 4.16. The quantitative estimate of drug-likeness (QED) is 0.530. The van der Waals surface area contributed by atoms with Crippen molar-refractivity contribution in [3.8, 4) is 0 Å². The number of rotatable bonds is 5. The molecule has 1 heterocycles. The van der Waals surface area contributed by atoms with E-state index in [1.807, 2.05) is 0 Å². The lowest BCUT2D eigenvalue weighted by Gasteiger charge is -2.12. The van der Waals surface area contributed by atoms with Gasteiger partial charge < -0.3 is 5.32 Å². The summed E-state index contributed by atoms with van der Waals surface area (Å²) in [5.74, 6) is -0.829. The number of aryl methyl sites for hydroxylation is 2. The molecule has 1 N–H and O–H groups in total. The Morgan fingerprint density at radius 2 is 1.93 bits per heavy atom. The largest absolute Gasteiger partial charge is 0.322 e. The molecule has 0 radical (unpaired) electrons. The monoisotopic (exact) mass is 382 g/mol. The van der Waals surface area contributed by atoms with Gasteiger partial charge in [-0.25, -0.2) is 4.39 Å². The van der Waals surface area contributed by atoms with Crippen LogP contribution in [0.4, 0.5) is 15.8 Å². The maximum Gasteiger partial charge on any atom is 0.312 e. The second kappa shape index (κ2) is 7.59. The van der Waals surface area contributed by atoms with Crippen LogP contribution in [0.15, 0.2) is 42.5 Å². The molecule has 0 bridgehead atoms. The highest BCUT2D eigenvalue weighted by Gasteiger charge is 2.22. The van der Waals surface area contributed by atoms with E-state index in [2.05, 4.69) is 10.4 Å². The van der Waals surface area contributed by atoms with Gasteiger partial charge >= 0.3 is 5.69 Å². The van der Waals surface area contributed by atoms with Gasteiger partial charge in [0.05, 0.1) is 11.5 Å². The van der Waals surface area contributed by atoms with Gasteiger partial charge in [0.15, 0.2) is 0 Å². The Labute approximate surface area is 161 Å². The van der Waals surface area contributed by atoms with Crippen LogP contribution in [0.3, 0.4) is 0 Å². The summed E-state index contributed by atoms with van der Waals surface area (Å²) in [6.45, 7) is 5.17. The van der Waals surface area contributed by atoms with Gasteiger partial charge in [-0.1, -0.05) is 24.3 Å². The van der Waals surface area contributed by atoms with E-state index in [4.69, 9.17) is 0 Å². The summed E-state index contributed by atoms with van der Waals surface area (Å²) >= 11 is 0. The molecule has 0 atom stereocenters. The molecular weight excluding hydrogens is 363 g/mol. The Balaban J connectivity index is 1.92. The van der Waals surface area contributed by atoms with Crippen LogP contribution < -0.4 is 5.32 Å². The minimum atomic E-state index is -0.459. The number of halogens is 1. The fourth-order valence-electron chi connectivity index (χ4n) is 3.07. The Bertz CT molecular complexity index is 1080. The van der Waals surface area contributed by atoms with Crippen molar-refractivity contribution in [2.24, 2.45) is 0 Å². The van der Waals surface area contributed by atoms with E-state index in [-0.39, 0.29) is 18.1 Å². The first-order valence-electron chi connectivity index (χ1n) is 8.61. The third-order valence-corrected chi connectivity index (χ3v) is 4.56. The molecule has 144 valence electrons. The van der Waals surface area contributed by atoms with Gasteiger partial charge in [-0.2, -0.15) is 5.10 Å². The van der Waals surface area contributed by atoms with Crippen LogP contribution in [0.25, 0.3) is 0 Å². The number of amides is 1. The highest BCUT2D eigenvalue weighted by atomic mass is 19.1. The van der Waals surface area contributed by atoms with Gasteiger partial charge in [0, 0.05) is 11.3 Å². The first-order chi connectivity index (χ1) is 13.3. The lowest BCUT2D eigenvalue weighted by Crippen LogP contribution is -2.17. The van der Waals surface area contributed by atoms with Crippen LogP contribution in [0, 0.1) is 36.7 Å². The van der Waals surface area contributed by atoms with Crippen LogP contribution in [0.1, 0.15) is 32.9 Å². The maximum absolute atomic E-state index is 13.5. The minimum Gasteiger partial charge on any atom is -0.322 e. The summed E-state index contributed by atoms with van der Waals surface area (Å²) in [4.78, 5) is 23.5. The molecule has 3 aromatic rings. The number of hydrogen-bond donors (Lipinski definition) is 1.